The maximum Gasteiger partial charge on any atom is 0.287 e. The van der Waals surface area contributed by atoms with Gasteiger partial charge in [-0.05, 0) is 18.9 Å². The second kappa shape index (κ2) is 5.09. The molecule has 0 aliphatic carbocycles. The molecule has 1 fully saturated rings. The van der Waals surface area contributed by atoms with Crippen LogP contribution in [-0.4, -0.2) is 29.7 Å². The number of aryl methyl sites for hydroxylation is 1. The Morgan fingerprint density at radius 3 is 3.12 bits per heavy atom. The van der Waals surface area contributed by atoms with E-state index < -0.39 is 4.92 Å². The molecule has 0 bridgehead atoms. The summed E-state index contributed by atoms with van der Waals surface area (Å²) >= 11 is 0. The number of nitrogens with zero attached hydrogens (tertiary/aromatic N) is 2. The maximum absolute atomic E-state index is 10.6. The molecule has 92 valence electrons. The summed E-state index contributed by atoms with van der Waals surface area (Å²) < 4.78 is 5.28. The molecule has 1 N–H and O–H groups in total. The van der Waals surface area contributed by atoms with Crippen molar-refractivity contribution in [2.45, 2.75) is 13.3 Å². The minimum absolute atomic E-state index is 0.0252. The average molecular weight is 237 g/mol. The van der Waals surface area contributed by atoms with Crippen LogP contribution in [0.5, 0.6) is 0 Å². The summed E-state index contributed by atoms with van der Waals surface area (Å²) in [6.07, 6.45) is 2.33. The number of hydrogen-bond acceptors (Lipinski definition) is 5. The standard InChI is InChI=1S/C11H15N3O3/c1-8-4-10(14(15)16)6-13-11(8)12-5-9-2-3-17-7-9/h4,6,9H,2-3,5,7H2,1H3,(H,12,13). The lowest BCUT2D eigenvalue weighted by molar-refractivity contribution is -0.385. The van der Waals surface area contributed by atoms with Crippen LogP contribution >= 0.6 is 0 Å². The SMILES string of the molecule is Cc1cc([N+](=O)[O-])cnc1NCC1CCOC1. The van der Waals surface area contributed by atoms with Gasteiger partial charge in [-0.15, -0.1) is 0 Å². The van der Waals surface area contributed by atoms with Crippen molar-refractivity contribution in [1.29, 1.82) is 0 Å². The van der Waals surface area contributed by atoms with Crippen molar-refractivity contribution >= 4 is 11.5 Å². The minimum atomic E-state index is -0.436. The molecular formula is C11H15N3O3. The number of rotatable bonds is 4. The highest BCUT2D eigenvalue weighted by Gasteiger charge is 2.16. The van der Waals surface area contributed by atoms with Crippen LogP contribution in [0.3, 0.4) is 0 Å². The number of nitro groups is 1. The average Bonchev–Trinajstić information content (AvgIpc) is 2.80. The maximum atomic E-state index is 10.6. The van der Waals surface area contributed by atoms with Crippen molar-refractivity contribution in [3.8, 4) is 0 Å². The van der Waals surface area contributed by atoms with E-state index in [1.54, 1.807) is 0 Å². The minimum Gasteiger partial charge on any atom is -0.381 e. The molecule has 17 heavy (non-hydrogen) atoms. The van der Waals surface area contributed by atoms with Crippen LogP contribution in [0.15, 0.2) is 12.3 Å². The Morgan fingerprint density at radius 1 is 1.71 bits per heavy atom. The zero-order chi connectivity index (χ0) is 12.3. The Kier molecular flexibility index (Phi) is 3.53. The van der Waals surface area contributed by atoms with Crippen molar-refractivity contribution in [2.24, 2.45) is 5.92 Å². The fourth-order valence-corrected chi connectivity index (χ4v) is 1.83. The molecule has 1 saturated heterocycles. The Labute approximate surface area is 99.2 Å². The van der Waals surface area contributed by atoms with Crippen LogP contribution in [0.25, 0.3) is 0 Å². The molecule has 1 aromatic heterocycles. The molecule has 0 spiro atoms. The fraction of sp³-hybridized carbons (Fsp3) is 0.545. The first-order chi connectivity index (χ1) is 8.16. The van der Waals surface area contributed by atoms with Gasteiger partial charge in [-0.3, -0.25) is 10.1 Å². The molecule has 1 aliphatic rings. The van der Waals surface area contributed by atoms with Gasteiger partial charge >= 0.3 is 0 Å². The van der Waals surface area contributed by atoms with Crippen molar-refractivity contribution < 1.29 is 9.66 Å². The third-order valence-corrected chi connectivity index (χ3v) is 2.86. The van der Waals surface area contributed by atoms with Crippen molar-refractivity contribution in [3.05, 3.63) is 27.9 Å². The van der Waals surface area contributed by atoms with E-state index in [0.717, 1.165) is 31.7 Å². The van der Waals surface area contributed by atoms with E-state index in [-0.39, 0.29) is 5.69 Å². The van der Waals surface area contributed by atoms with Crippen molar-refractivity contribution in [3.63, 3.8) is 0 Å². The number of anilines is 1. The summed E-state index contributed by atoms with van der Waals surface area (Å²) in [5, 5.41) is 13.8. The fourth-order valence-electron chi connectivity index (χ4n) is 1.83. The topological polar surface area (TPSA) is 77.3 Å². The van der Waals surface area contributed by atoms with Gasteiger partial charge in [0.25, 0.3) is 5.69 Å². The quantitative estimate of drug-likeness (QED) is 0.637. The second-order valence-electron chi connectivity index (χ2n) is 4.23. The third kappa shape index (κ3) is 2.91. The smallest absolute Gasteiger partial charge is 0.287 e. The second-order valence-corrected chi connectivity index (χ2v) is 4.23. The zero-order valence-electron chi connectivity index (χ0n) is 9.68. The van der Waals surface area contributed by atoms with Gasteiger partial charge in [-0.1, -0.05) is 0 Å². The Hall–Kier alpha value is -1.69. The molecule has 6 heteroatoms. The van der Waals surface area contributed by atoms with Crippen LogP contribution in [0.4, 0.5) is 11.5 Å². The molecule has 0 amide bonds. The molecular weight excluding hydrogens is 222 g/mol. The lowest BCUT2D eigenvalue weighted by atomic mass is 10.1. The Balaban J connectivity index is 1.98. The summed E-state index contributed by atoms with van der Waals surface area (Å²) in [4.78, 5) is 14.2. The van der Waals surface area contributed by atoms with Crippen LogP contribution in [-0.2, 0) is 4.74 Å². The summed E-state index contributed by atoms with van der Waals surface area (Å²) in [5.74, 6) is 1.22. The third-order valence-electron chi connectivity index (χ3n) is 2.86. The summed E-state index contributed by atoms with van der Waals surface area (Å²) in [7, 11) is 0. The number of aromatic nitrogens is 1. The summed E-state index contributed by atoms with van der Waals surface area (Å²) in [6, 6.07) is 1.53. The number of ether oxygens (including phenoxy) is 1. The van der Waals surface area contributed by atoms with Gasteiger partial charge in [0.2, 0.25) is 0 Å². The first-order valence-corrected chi connectivity index (χ1v) is 5.59. The Bertz CT molecular complexity index is 416. The molecule has 2 heterocycles. The number of pyridine rings is 1. The van der Waals surface area contributed by atoms with E-state index in [2.05, 4.69) is 10.3 Å². The van der Waals surface area contributed by atoms with Gasteiger partial charge in [0.05, 0.1) is 11.5 Å². The summed E-state index contributed by atoms with van der Waals surface area (Å²) in [6.45, 7) is 4.21. The molecule has 0 radical (unpaired) electrons. The van der Waals surface area contributed by atoms with Gasteiger partial charge in [-0.25, -0.2) is 4.98 Å². The largest absolute Gasteiger partial charge is 0.381 e. The highest BCUT2D eigenvalue weighted by atomic mass is 16.6. The molecule has 1 atom stereocenters. The van der Waals surface area contributed by atoms with Gasteiger partial charge in [0.15, 0.2) is 0 Å². The van der Waals surface area contributed by atoms with Gasteiger partial charge in [0.1, 0.15) is 12.0 Å². The zero-order valence-corrected chi connectivity index (χ0v) is 9.68. The predicted molar refractivity (Wildman–Crippen MR) is 63.0 cm³/mol. The van der Waals surface area contributed by atoms with Crippen LogP contribution in [0.2, 0.25) is 0 Å². The van der Waals surface area contributed by atoms with E-state index in [1.165, 1.54) is 12.3 Å². The molecule has 2 rings (SSSR count). The van der Waals surface area contributed by atoms with E-state index >= 15 is 0 Å². The van der Waals surface area contributed by atoms with E-state index in [1.807, 2.05) is 6.92 Å². The van der Waals surface area contributed by atoms with Gasteiger partial charge in [0, 0.05) is 25.1 Å². The van der Waals surface area contributed by atoms with Crippen LogP contribution in [0.1, 0.15) is 12.0 Å². The monoisotopic (exact) mass is 237 g/mol. The molecule has 1 aliphatic heterocycles. The molecule has 0 aromatic carbocycles. The van der Waals surface area contributed by atoms with Gasteiger partial charge in [-0.2, -0.15) is 0 Å². The molecule has 6 nitrogen and oxygen atoms in total. The summed E-state index contributed by atoms with van der Waals surface area (Å²) in [5.41, 5.74) is 0.815. The number of nitrogens with one attached hydrogen (secondary N) is 1. The molecule has 0 saturated carbocycles. The van der Waals surface area contributed by atoms with Crippen LogP contribution < -0.4 is 5.32 Å². The van der Waals surface area contributed by atoms with Crippen LogP contribution in [0, 0.1) is 23.0 Å². The normalized spacial score (nSPS) is 19.2. The Morgan fingerprint density at radius 2 is 2.53 bits per heavy atom. The van der Waals surface area contributed by atoms with Crippen molar-refractivity contribution in [1.82, 2.24) is 4.98 Å². The van der Waals surface area contributed by atoms with E-state index in [0.29, 0.717) is 11.7 Å². The first kappa shape index (κ1) is 11.8. The first-order valence-electron chi connectivity index (χ1n) is 5.59. The van der Waals surface area contributed by atoms with E-state index in [9.17, 15) is 10.1 Å². The van der Waals surface area contributed by atoms with E-state index in [4.69, 9.17) is 4.74 Å². The lowest BCUT2D eigenvalue weighted by Crippen LogP contribution is -2.15. The predicted octanol–water partition coefficient (Wildman–Crippen LogP) is 1.75. The van der Waals surface area contributed by atoms with Gasteiger partial charge < -0.3 is 10.1 Å². The molecule has 1 aromatic rings. The lowest BCUT2D eigenvalue weighted by Gasteiger charge is -2.11. The highest BCUT2D eigenvalue weighted by molar-refractivity contribution is 5.48. The highest BCUT2D eigenvalue weighted by Crippen LogP contribution is 2.19. The number of hydrogen-bond donors (Lipinski definition) is 1. The van der Waals surface area contributed by atoms with Crippen molar-refractivity contribution in [2.75, 3.05) is 25.1 Å². The molecule has 1 unspecified atom stereocenters.